The molecule has 1 amide bonds. The lowest BCUT2D eigenvalue weighted by molar-refractivity contribution is 0.0946. The Morgan fingerprint density at radius 2 is 2.29 bits per heavy atom. The minimum Gasteiger partial charge on any atom is -0.403 e. The van der Waals surface area contributed by atoms with E-state index in [1.165, 1.54) is 0 Å². The molecule has 1 saturated heterocycles. The van der Waals surface area contributed by atoms with Crippen molar-refractivity contribution in [3.05, 3.63) is 17.3 Å². The van der Waals surface area contributed by atoms with Crippen LogP contribution in [0.25, 0.3) is 0 Å². The second kappa shape index (κ2) is 3.61. The molecule has 0 unspecified atom stereocenters. The zero-order valence-corrected chi connectivity index (χ0v) is 10.0. The van der Waals surface area contributed by atoms with Gasteiger partial charge in [-0.2, -0.15) is 0 Å². The molecule has 0 aromatic carbocycles. The fraction of sp³-hybridized carbons (Fsp3) is 0.545. The Hall–Kier alpha value is -1.27. The first-order valence-corrected chi connectivity index (χ1v) is 5.85. The number of carbonyl (C=O) groups is 1. The van der Waals surface area contributed by atoms with E-state index in [0.29, 0.717) is 18.7 Å². The molecule has 1 aromatic rings. The predicted octanol–water partition coefficient (Wildman–Crippen LogP) is -0.179. The zero-order valence-electron chi connectivity index (χ0n) is 10.0. The molecule has 0 atom stereocenters. The molecule has 2 aliphatic heterocycles. The van der Waals surface area contributed by atoms with Gasteiger partial charge in [0.05, 0.1) is 17.8 Å². The third-order valence-electron chi connectivity index (χ3n) is 3.09. The van der Waals surface area contributed by atoms with Crippen LogP contribution in [0, 0.1) is 0 Å². The smallest absolute Gasteiger partial charge is 0.403 e. The summed E-state index contributed by atoms with van der Waals surface area (Å²) < 4.78 is 11.3. The summed E-state index contributed by atoms with van der Waals surface area (Å²) in [7, 11) is -0.386. The highest BCUT2D eigenvalue weighted by Crippen LogP contribution is 2.20. The van der Waals surface area contributed by atoms with Crippen LogP contribution in [0.5, 0.6) is 0 Å². The van der Waals surface area contributed by atoms with Gasteiger partial charge >= 0.3 is 7.12 Å². The lowest BCUT2D eigenvalue weighted by atomic mass is 9.85. The number of aromatic amines is 1. The first-order valence-electron chi connectivity index (χ1n) is 5.85. The Labute approximate surface area is 100 Å². The number of hydrogen-bond donors (Lipinski definition) is 2. The van der Waals surface area contributed by atoms with Gasteiger partial charge in [0.15, 0.2) is 0 Å². The van der Waals surface area contributed by atoms with Gasteiger partial charge in [-0.15, -0.1) is 0 Å². The minimum atomic E-state index is -0.386. The number of nitrogens with one attached hydrogen (secondary N) is 2. The lowest BCUT2D eigenvalue weighted by Crippen LogP contribution is -2.35. The number of rotatable bonds is 1. The molecule has 3 rings (SSSR count). The van der Waals surface area contributed by atoms with Crippen LogP contribution < -0.4 is 10.9 Å². The zero-order chi connectivity index (χ0) is 12.0. The average Bonchev–Trinajstić information content (AvgIpc) is 2.82. The van der Waals surface area contributed by atoms with Gasteiger partial charge in [-0.05, 0) is 19.9 Å². The van der Waals surface area contributed by atoms with Gasteiger partial charge in [-0.25, -0.2) is 0 Å². The molecule has 0 bridgehead atoms. The number of hydrogen-bond acceptors (Lipinski definition) is 3. The SMILES string of the molecule is CC1(C)COB(c2cc3c([nH]2)CCNC3=O)O1. The molecule has 3 heterocycles. The Morgan fingerprint density at radius 1 is 1.47 bits per heavy atom. The van der Waals surface area contributed by atoms with E-state index in [1.807, 2.05) is 19.9 Å². The van der Waals surface area contributed by atoms with Crippen LogP contribution in [-0.4, -0.2) is 36.8 Å². The molecular formula is C11H15BN2O3. The molecule has 2 N–H and O–H groups in total. The predicted molar refractivity (Wildman–Crippen MR) is 63.3 cm³/mol. The van der Waals surface area contributed by atoms with Crippen LogP contribution in [0.2, 0.25) is 0 Å². The maximum atomic E-state index is 11.6. The van der Waals surface area contributed by atoms with E-state index in [0.717, 1.165) is 17.7 Å². The van der Waals surface area contributed by atoms with Crippen molar-refractivity contribution in [3.8, 4) is 0 Å². The maximum absolute atomic E-state index is 11.6. The van der Waals surface area contributed by atoms with Gasteiger partial charge in [0, 0.05) is 24.3 Å². The van der Waals surface area contributed by atoms with Gasteiger partial charge < -0.3 is 19.6 Å². The Morgan fingerprint density at radius 3 is 2.94 bits per heavy atom. The minimum absolute atomic E-state index is 0.0222. The first-order chi connectivity index (χ1) is 8.05. The highest BCUT2D eigenvalue weighted by molar-refractivity contribution is 6.61. The van der Waals surface area contributed by atoms with Gasteiger partial charge in [-0.1, -0.05) is 0 Å². The van der Waals surface area contributed by atoms with Gasteiger partial charge in [0.25, 0.3) is 5.91 Å². The van der Waals surface area contributed by atoms with Crippen molar-refractivity contribution in [2.75, 3.05) is 13.2 Å². The number of carbonyl (C=O) groups excluding carboxylic acids is 1. The van der Waals surface area contributed by atoms with Crippen LogP contribution in [0.1, 0.15) is 29.9 Å². The molecule has 90 valence electrons. The fourth-order valence-electron chi connectivity index (χ4n) is 2.23. The van der Waals surface area contributed by atoms with E-state index < -0.39 is 0 Å². The van der Waals surface area contributed by atoms with Crippen molar-refractivity contribution in [2.45, 2.75) is 25.9 Å². The molecule has 1 fully saturated rings. The summed E-state index contributed by atoms with van der Waals surface area (Å²) in [5.41, 5.74) is 2.25. The van der Waals surface area contributed by atoms with Gasteiger partial charge in [-0.3, -0.25) is 4.79 Å². The summed E-state index contributed by atoms with van der Waals surface area (Å²) in [5.74, 6) is -0.0222. The standard InChI is InChI=1S/C11H15BN2O3/c1-11(2)6-16-12(17-11)9-5-7-8(14-9)3-4-13-10(7)15/h5,14H,3-4,6H2,1-2H3,(H,13,15). The monoisotopic (exact) mass is 234 g/mol. The first kappa shape index (κ1) is 10.9. The van der Waals surface area contributed by atoms with Crippen molar-refractivity contribution < 1.29 is 14.1 Å². The topological polar surface area (TPSA) is 63.3 Å². The summed E-state index contributed by atoms with van der Waals surface area (Å²) in [6.07, 6.45) is 0.831. The van der Waals surface area contributed by atoms with Crippen LogP contribution in [-0.2, 0) is 15.7 Å². The van der Waals surface area contributed by atoms with Crippen LogP contribution in [0.15, 0.2) is 6.07 Å². The Balaban J connectivity index is 1.88. The normalized spacial score (nSPS) is 22.5. The Bertz CT molecular complexity index is 469. The molecular weight excluding hydrogens is 219 g/mol. The summed E-state index contributed by atoms with van der Waals surface area (Å²) in [4.78, 5) is 14.9. The van der Waals surface area contributed by atoms with Crippen molar-refractivity contribution in [3.63, 3.8) is 0 Å². The molecule has 6 heteroatoms. The number of fused-ring (bicyclic) bond motifs is 1. The van der Waals surface area contributed by atoms with Gasteiger partial charge in [0.2, 0.25) is 0 Å². The fourth-order valence-corrected chi connectivity index (χ4v) is 2.23. The van der Waals surface area contributed by atoms with E-state index in [2.05, 4.69) is 10.3 Å². The summed E-state index contributed by atoms with van der Waals surface area (Å²) >= 11 is 0. The molecule has 17 heavy (non-hydrogen) atoms. The quantitative estimate of drug-likeness (QED) is 0.662. The van der Waals surface area contributed by atoms with E-state index in [1.54, 1.807) is 0 Å². The molecule has 0 saturated carbocycles. The molecule has 0 radical (unpaired) electrons. The third-order valence-corrected chi connectivity index (χ3v) is 3.09. The van der Waals surface area contributed by atoms with Crippen LogP contribution in [0.4, 0.5) is 0 Å². The highest BCUT2D eigenvalue weighted by atomic mass is 16.7. The van der Waals surface area contributed by atoms with E-state index in [9.17, 15) is 4.79 Å². The second-order valence-corrected chi connectivity index (χ2v) is 5.14. The molecule has 1 aromatic heterocycles. The highest BCUT2D eigenvalue weighted by Gasteiger charge is 2.40. The summed E-state index contributed by atoms with van der Waals surface area (Å²) in [6, 6.07) is 1.83. The van der Waals surface area contributed by atoms with Gasteiger partial charge in [0.1, 0.15) is 0 Å². The second-order valence-electron chi connectivity index (χ2n) is 5.14. The number of aromatic nitrogens is 1. The Kier molecular flexibility index (Phi) is 2.31. The maximum Gasteiger partial charge on any atom is 0.511 e. The lowest BCUT2D eigenvalue weighted by Gasteiger charge is -2.14. The largest absolute Gasteiger partial charge is 0.511 e. The van der Waals surface area contributed by atoms with Crippen LogP contribution >= 0.6 is 0 Å². The average molecular weight is 234 g/mol. The van der Waals surface area contributed by atoms with Crippen molar-refractivity contribution in [1.82, 2.24) is 10.3 Å². The summed E-state index contributed by atoms with van der Waals surface area (Å²) in [5, 5.41) is 2.82. The van der Waals surface area contributed by atoms with E-state index in [-0.39, 0.29) is 18.6 Å². The van der Waals surface area contributed by atoms with Crippen molar-refractivity contribution in [1.29, 1.82) is 0 Å². The number of amides is 1. The van der Waals surface area contributed by atoms with E-state index in [4.69, 9.17) is 9.31 Å². The molecule has 0 spiro atoms. The summed E-state index contributed by atoms with van der Waals surface area (Å²) in [6.45, 7) is 5.22. The molecule has 2 aliphatic rings. The third kappa shape index (κ3) is 1.87. The van der Waals surface area contributed by atoms with Crippen molar-refractivity contribution in [2.24, 2.45) is 0 Å². The van der Waals surface area contributed by atoms with E-state index >= 15 is 0 Å². The van der Waals surface area contributed by atoms with Crippen LogP contribution in [0.3, 0.4) is 0 Å². The molecule has 5 nitrogen and oxygen atoms in total. The number of H-pyrrole nitrogens is 1. The molecule has 0 aliphatic carbocycles. The van der Waals surface area contributed by atoms with Crippen molar-refractivity contribution >= 4 is 18.6 Å².